The number of furan rings is 1. The molecule has 30 heavy (non-hydrogen) atoms. The highest BCUT2D eigenvalue weighted by Crippen LogP contribution is 2.28. The van der Waals surface area contributed by atoms with E-state index in [2.05, 4.69) is 4.98 Å². The molecular weight excluding hydrogens is 386 g/mol. The minimum atomic E-state index is -1.07. The first kappa shape index (κ1) is 21.5. The summed E-state index contributed by atoms with van der Waals surface area (Å²) in [6, 6.07) is 7.25. The predicted molar refractivity (Wildman–Crippen MR) is 111 cm³/mol. The fourth-order valence-electron chi connectivity index (χ4n) is 3.61. The fourth-order valence-corrected chi connectivity index (χ4v) is 3.61. The van der Waals surface area contributed by atoms with E-state index in [9.17, 15) is 14.4 Å². The molecule has 1 aromatic carbocycles. The number of aryl methyl sites for hydroxylation is 1. The Morgan fingerprint density at radius 2 is 1.87 bits per heavy atom. The molecule has 1 N–H and O–H groups in total. The van der Waals surface area contributed by atoms with Gasteiger partial charge in [0, 0.05) is 28.8 Å². The topological polar surface area (TPSA) is 98.6 Å². The summed E-state index contributed by atoms with van der Waals surface area (Å²) in [6.45, 7) is 8.89. The lowest BCUT2D eigenvalue weighted by atomic mass is 10.0. The molecule has 7 heteroatoms. The third-order valence-electron chi connectivity index (χ3n) is 5.02. The number of nitrogens with one attached hydrogen (secondary N) is 1. The van der Waals surface area contributed by atoms with Gasteiger partial charge in [-0.05, 0) is 46.2 Å². The van der Waals surface area contributed by atoms with Crippen molar-refractivity contribution in [1.82, 2.24) is 4.98 Å². The molecule has 0 amide bonds. The van der Waals surface area contributed by atoms with Crippen LogP contribution in [0.5, 0.6) is 0 Å². The van der Waals surface area contributed by atoms with E-state index < -0.39 is 17.9 Å². The molecule has 2 aromatic heterocycles. The molecule has 7 nitrogen and oxygen atoms in total. The minimum absolute atomic E-state index is 0.0214. The van der Waals surface area contributed by atoms with Gasteiger partial charge in [0.05, 0.1) is 12.3 Å². The number of H-pyrrole nitrogens is 1. The van der Waals surface area contributed by atoms with Crippen LogP contribution in [0.4, 0.5) is 0 Å². The number of benzene rings is 1. The number of para-hydroxylation sites is 1. The summed E-state index contributed by atoms with van der Waals surface area (Å²) in [4.78, 5) is 40.5. The number of hydrogen-bond donors (Lipinski definition) is 1. The van der Waals surface area contributed by atoms with Crippen LogP contribution in [0.25, 0.3) is 11.0 Å². The summed E-state index contributed by atoms with van der Waals surface area (Å²) in [5.74, 6) is -1.27. The van der Waals surface area contributed by atoms with E-state index in [4.69, 9.17) is 13.9 Å². The standard InChI is InChI=1S/C23H25NO6/c1-6-28-11-17-16-9-7-8-10-18(16)30-22(17)23(27)29-15(5)21(26)20-12(2)19(14(4)25)13(3)24-20/h7-10,15,24H,6,11H2,1-5H3/t15-/m1/s1. The van der Waals surface area contributed by atoms with Gasteiger partial charge in [0.25, 0.3) is 0 Å². The average molecular weight is 411 g/mol. The Balaban J connectivity index is 1.86. The lowest BCUT2D eigenvalue weighted by Gasteiger charge is -2.12. The zero-order chi connectivity index (χ0) is 22.0. The van der Waals surface area contributed by atoms with Gasteiger partial charge in [-0.15, -0.1) is 0 Å². The van der Waals surface area contributed by atoms with Gasteiger partial charge in [-0.2, -0.15) is 0 Å². The number of carbonyl (C=O) groups is 3. The Hall–Kier alpha value is -3.19. The molecule has 0 aliphatic rings. The summed E-state index contributed by atoms with van der Waals surface area (Å²) < 4.78 is 16.6. The van der Waals surface area contributed by atoms with E-state index in [-0.39, 0.29) is 23.8 Å². The second-order valence-corrected chi connectivity index (χ2v) is 7.14. The fraction of sp³-hybridized carbons (Fsp3) is 0.348. The number of carbonyl (C=O) groups excluding carboxylic acids is 3. The summed E-state index contributed by atoms with van der Waals surface area (Å²) in [5.41, 5.74) is 3.03. The van der Waals surface area contributed by atoms with Crippen LogP contribution < -0.4 is 0 Å². The van der Waals surface area contributed by atoms with Crippen LogP contribution in [-0.4, -0.2) is 35.2 Å². The quantitative estimate of drug-likeness (QED) is 0.431. The van der Waals surface area contributed by atoms with E-state index in [1.807, 2.05) is 19.1 Å². The maximum absolute atomic E-state index is 12.9. The number of ketones is 2. The Morgan fingerprint density at radius 1 is 1.17 bits per heavy atom. The molecule has 1 atom stereocenters. The van der Waals surface area contributed by atoms with Crippen LogP contribution in [0, 0.1) is 13.8 Å². The number of rotatable bonds is 8. The summed E-state index contributed by atoms with van der Waals surface area (Å²) >= 11 is 0. The largest absolute Gasteiger partial charge is 0.449 e. The number of aromatic nitrogens is 1. The van der Waals surface area contributed by atoms with Crippen molar-refractivity contribution >= 4 is 28.5 Å². The van der Waals surface area contributed by atoms with E-state index in [1.54, 1.807) is 26.0 Å². The third-order valence-corrected chi connectivity index (χ3v) is 5.02. The van der Waals surface area contributed by atoms with E-state index in [0.29, 0.717) is 34.6 Å². The van der Waals surface area contributed by atoms with Crippen LogP contribution >= 0.6 is 0 Å². The van der Waals surface area contributed by atoms with Crippen molar-refractivity contribution in [3.63, 3.8) is 0 Å². The van der Waals surface area contributed by atoms with Crippen LogP contribution in [0.2, 0.25) is 0 Å². The van der Waals surface area contributed by atoms with Gasteiger partial charge in [0.2, 0.25) is 11.5 Å². The Labute approximate surface area is 174 Å². The minimum Gasteiger partial charge on any atom is -0.449 e. The normalized spacial score (nSPS) is 12.2. The molecule has 2 heterocycles. The van der Waals surface area contributed by atoms with Crippen LogP contribution in [-0.2, 0) is 16.1 Å². The van der Waals surface area contributed by atoms with Gasteiger partial charge in [0.15, 0.2) is 11.9 Å². The molecule has 0 unspecified atom stereocenters. The third kappa shape index (κ3) is 3.93. The van der Waals surface area contributed by atoms with E-state index in [0.717, 1.165) is 5.39 Å². The molecule has 3 rings (SSSR count). The maximum atomic E-state index is 12.9. The highest BCUT2D eigenvalue weighted by atomic mass is 16.6. The highest BCUT2D eigenvalue weighted by molar-refractivity contribution is 6.06. The molecular formula is C23H25NO6. The first-order valence-corrected chi connectivity index (χ1v) is 9.79. The molecule has 0 saturated heterocycles. The Bertz CT molecular complexity index is 1120. The van der Waals surface area contributed by atoms with Crippen molar-refractivity contribution in [2.45, 2.75) is 47.3 Å². The second kappa shape index (κ2) is 8.67. The zero-order valence-electron chi connectivity index (χ0n) is 17.8. The zero-order valence-corrected chi connectivity index (χ0v) is 17.8. The summed E-state index contributed by atoms with van der Waals surface area (Å²) in [5, 5.41) is 0.763. The lowest BCUT2D eigenvalue weighted by molar-refractivity contribution is 0.0283. The van der Waals surface area contributed by atoms with Gasteiger partial charge in [0.1, 0.15) is 5.58 Å². The second-order valence-electron chi connectivity index (χ2n) is 7.14. The molecule has 3 aromatic rings. The summed E-state index contributed by atoms with van der Waals surface area (Å²) in [6.07, 6.45) is -1.07. The van der Waals surface area contributed by atoms with Crippen LogP contribution in [0.3, 0.4) is 0 Å². The van der Waals surface area contributed by atoms with Gasteiger partial charge in [-0.25, -0.2) is 4.79 Å². The van der Waals surface area contributed by atoms with Crippen molar-refractivity contribution in [3.05, 3.63) is 58.1 Å². The van der Waals surface area contributed by atoms with Gasteiger partial charge in [-0.1, -0.05) is 18.2 Å². The smallest absolute Gasteiger partial charge is 0.375 e. The molecule has 0 aliphatic carbocycles. The van der Waals surface area contributed by atoms with Crippen LogP contribution in [0.15, 0.2) is 28.7 Å². The molecule has 0 saturated carbocycles. The van der Waals surface area contributed by atoms with Crippen molar-refractivity contribution in [1.29, 1.82) is 0 Å². The first-order valence-electron chi connectivity index (χ1n) is 9.79. The van der Waals surface area contributed by atoms with Crippen molar-refractivity contribution in [2.75, 3.05) is 6.61 Å². The number of hydrogen-bond acceptors (Lipinski definition) is 6. The molecule has 158 valence electrons. The maximum Gasteiger partial charge on any atom is 0.375 e. The number of Topliss-reactive ketones (excluding diaryl/α,β-unsaturated/α-hetero) is 2. The SMILES string of the molecule is CCOCc1c(C(=O)O[C@H](C)C(=O)c2[nH]c(C)c(C(C)=O)c2C)oc2ccccc12. The van der Waals surface area contributed by atoms with Gasteiger partial charge >= 0.3 is 5.97 Å². The first-order chi connectivity index (χ1) is 14.3. The lowest BCUT2D eigenvalue weighted by Crippen LogP contribution is -2.25. The Morgan fingerprint density at radius 3 is 2.50 bits per heavy atom. The monoisotopic (exact) mass is 411 g/mol. The van der Waals surface area contributed by atoms with E-state index in [1.165, 1.54) is 13.8 Å². The number of aromatic amines is 1. The number of esters is 1. The summed E-state index contributed by atoms with van der Waals surface area (Å²) in [7, 11) is 0. The molecule has 0 aliphatic heterocycles. The van der Waals surface area contributed by atoms with Gasteiger partial charge < -0.3 is 18.9 Å². The van der Waals surface area contributed by atoms with Crippen LogP contribution in [0.1, 0.15) is 69.0 Å². The van der Waals surface area contributed by atoms with E-state index >= 15 is 0 Å². The van der Waals surface area contributed by atoms with Crippen molar-refractivity contribution in [2.24, 2.45) is 0 Å². The molecule has 0 radical (unpaired) electrons. The molecule has 0 spiro atoms. The van der Waals surface area contributed by atoms with Crippen molar-refractivity contribution < 1.29 is 28.3 Å². The van der Waals surface area contributed by atoms with Crippen molar-refractivity contribution in [3.8, 4) is 0 Å². The number of fused-ring (bicyclic) bond motifs is 1. The highest BCUT2D eigenvalue weighted by Gasteiger charge is 2.29. The molecule has 0 fully saturated rings. The van der Waals surface area contributed by atoms with Gasteiger partial charge in [-0.3, -0.25) is 9.59 Å². The Kier molecular flexibility index (Phi) is 6.22. The molecule has 0 bridgehead atoms. The predicted octanol–water partition coefficient (Wildman–Crippen LogP) is 4.55. The average Bonchev–Trinajstić information content (AvgIpc) is 3.22. The number of ether oxygens (including phenoxy) is 2.